The number of para-hydroxylation sites is 2. The number of aryl methyl sites for hydroxylation is 1. The molecule has 1 amide bonds. The third-order valence-corrected chi connectivity index (χ3v) is 4.95. The molecule has 0 saturated heterocycles. The molecule has 0 unspecified atom stereocenters. The van der Waals surface area contributed by atoms with Crippen LogP contribution in [0, 0.1) is 0 Å². The highest BCUT2D eigenvalue weighted by Crippen LogP contribution is 2.28. The molecule has 0 fully saturated rings. The second-order valence-electron chi connectivity index (χ2n) is 7.02. The number of hydrogen-bond donors (Lipinski definition) is 1. The highest BCUT2D eigenvalue weighted by molar-refractivity contribution is 5.75. The summed E-state index contributed by atoms with van der Waals surface area (Å²) in [5, 5.41) is 2.71. The summed E-state index contributed by atoms with van der Waals surface area (Å²) in [7, 11) is 1.66. The average Bonchev–Trinajstić information content (AvgIpc) is 3.12. The number of unbranched alkanes of at least 4 members (excludes halogenated alkanes) is 1. The molecule has 0 atom stereocenters. The van der Waals surface area contributed by atoms with Crippen molar-refractivity contribution in [2.45, 2.75) is 32.2 Å². The summed E-state index contributed by atoms with van der Waals surface area (Å²) in [4.78, 5) is 15.3. The van der Waals surface area contributed by atoms with Gasteiger partial charge in [0.2, 0.25) is 6.41 Å². The van der Waals surface area contributed by atoms with Crippen LogP contribution in [0.2, 0.25) is 0 Å². The van der Waals surface area contributed by atoms with E-state index in [1.807, 2.05) is 42.5 Å². The highest BCUT2D eigenvalue weighted by atomic mass is 16.5. The second kappa shape index (κ2) is 11.0. The smallest absolute Gasteiger partial charge is 0.207 e. The number of aromatic nitrogens is 2. The molecule has 1 aromatic heterocycles. The molecule has 1 heterocycles. The van der Waals surface area contributed by atoms with E-state index in [1.54, 1.807) is 7.11 Å². The molecule has 6 nitrogen and oxygen atoms in total. The lowest BCUT2D eigenvalue weighted by Gasteiger charge is -2.13. The van der Waals surface area contributed by atoms with Gasteiger partial charge < -0.3 is 19.4 Å². The number of benzene rings is 2. The molecule has 0 saturated carbocycles. The first kappa shape index (κ1) is 21.4. The first-order chi connectivity index (χ1) is 14.8. The predicted octanol–water partition coefficient (Wildman–Crippen LogP) is 3.92. The zero-order valence-electron chi connectivity index (χ0n) is 17.5. The SMILES string of the molecule is C=CCc1ccc(OCCCCn2c(CCNC=O)nc3ccccc32)c(OC)c1. The van der Waals surface area contributed by atoms with Crippen molar-refractivity contribution in [1.29, 1.82) is 0 Å². The van der Waals surface area contributed by atoms with Crippen molar-refractivity contribution < 1.29 is 14.3 Å². The van der Waals surface area contributed by atoms with Crippen LogP contribution in [-0.2, 0) is 24.2 Å². The number of imidazole rings is 1. The molecular formula is C24H29N3O3. The van der Waals surface area contributed by atoms with Gasteiger partial charge in [0.15, 0.2) is 11.5 Å². The Balaban J connectivity index is 1.56. The maximum atomic E-state index is 10.5. The number of carbonyl (C=O) groups is 1. The topological polar surface area (TPSA) is 65.4 Å². The number of amides is 1. The number of rotatable bonds is 13. The van der Waals surface area contributed by atoms with Crippen LogP contribution in [0.5, 0.6) is 11.5 Å². The molecule has 0 radical (unpaired) electrons. The molecular weight excluding hydrogens is 378 g/mol. The Bertz CT molecular complexity index is 981. The second-order valence-corrected chi connectivity index (χ2v) is 7.02. The quantitative estimate of drug-likeness (QED) is 0.265. The van der Waals surface area contributed by atoms with E-state index >= 15 is 0 Å². The summed E-state index contributed by atoms with van der Waals surface area (Å²) >= 11 is 0. The third-order valence-electron chi connectivity index (χ3n) is 4.95. The molecule has 3 aromatic rings. The Morgan fingerprint density at radius 3 is 2.83 bits per heavy atom. The molecule has 0 aliphatic heterocycles. The maximum Gasteiger partial charge on any atom is 0.207 e. The van der Waals surface area contributed by atoms with E-state index in [1.165, 1.54) is 0 Å². The minimum Gasteiger partial charge on any atom is -0.493 e. The van der Waals surface area contributed by atoms with Crippen molar-refractivity contribution in [2.75, 3.05) is 20.3 Å². The van der Waals surface area contributed by atoms with Crippen LogP contribution in [0.3, 0.4) is 0 Å². The van der Waals surface area contributed by atoms with E-state index in [0.717, 1.165) is 66.1 Å². The van der Waals surface area contributed by atoms with Crippen molar-refractivity contribution in [3.8, 4) is 11.5 Å². The van der Waals surface area contributed by atoms with E-state index in [2.05, 4.69) is 22.5 Å². The molecule has 158 valence electrons. The van der Waals surface area contributed by atoms with Crippen LogP contribution in [0.1, 0.15) is 24.2 Å². The number of fused-ring (bicyclic) bond motifs is 1. The van der Waals surface area contributed by atoms with Gasteiger partial charge in [-0.3, -0.25) is 4.79 Å². The molecule has 1 N–H and O–H groups in total. The van der Waals surface area contributed by atoms with Gasteiger partial charge in [0.1, 0.15) is 5.82 Å². The summed E-state index contributed by atoms with van der Waals surface area (Å²) in [6.45, 7) is 5.83. The fraction of sp³-hybridized carbons (Fsp3) is 0.333. The summed E-state index contributed by atoms with van der Waals surface area (Å²) in [6, 6.07) is 14.1. The number of hydrogen-bond acceptors (Lipinski definition) is 4. The van der Waals surface area contributed by atoms with Gasteiger partial charge in [-0.25, -0.2) is 4.98 Å². The maximum absolute atomic E-state index is 10.5. The molecule has 30 heavy (non-hydrogen) atoms. The first-order valence-electron chi connectivity index (χ1n) is 10.3. The van der Waals surface area contributed by atoms with E-state index < -0.39 is 0 Å². The lowest BCUT2D eigenvalue weighted by molar-refractivity contribution is -0.109. The zero-order chi connectivity index (χ0) is 21.2. The van der Waals surface area contributed by atoms with Crippen LogP contribution in [0.25, 0.3) is 11.0 Å². The van der Waals surface area contributed by atoms with E-state index in [-0.39, 0.29) is 0 Å². The molecule has 0 spiro atoms. The number of nitrogens with zero attached hydrogens (tertiary/aromatic N) is 2. The van der Waals surface area contributed by atoms with Crippen LogP contribution in [-0.4, -0.2) is 36.2 Å². The molecule has 2 aromatic carbocycles. The fourth-order valence-corrected chi connectivity index (χ4v) is 3.49. The molecule has 0 bridgehead atoms. The van der Waals surface area contributed by atoms with Crippen molar-refractivity contribution >= 4 is 17.4 Å². The van der Waals surface area contributed by atoms with Crippen LogP contribution < -0.4 is 14.8 Å². The summed E-state index contributed by atoms with van der Waals surface area (Å²) < 4.78 is 13.7. The van der Waals surface area contributed by atoms with Gasteiger partial charge in [0.25, 0.3) is 0 Å². The van der Waals surface area contributed by atoms with Gasteiger partial charge in [-0.1, -0.05) is 24.3 Å². The van der Waals surface area contributed by atoms with Crippen LogP contribution in [0.4, 0.5) is 0 Å². The normalized spacial score (nSPS) is 10.7. The van der Waals surface area contributed by atoms with Crippen molar-refractivity contribution in [1.82, 2.24) is 14.9 Å². The third kappa shape index (κ3) is 5.41. The van der Waals surface area contributed by atoms with Gasteiger partial charge in [-0.15, -0.1) is 6.58 Å². The lowest BCUT2D eigenvalue weighted by Crippen LogP contribution is -2.17. The number of methoxy groups -OCH3 is 1. The molecule has 0 aliphatic rings. The zero-order valence-corrected chi connectivity index (χ0v) is 17.5. The van der Waals surface area contributed by atoms with Crippen molar-refractivity contribution in [3.05, 3.63) is 66.5 Å². The van der Waals surface area contributed by atoms with Gasteiger partial charge in [-0.05, 0) is 49.1 Å². The Morgan fingerprint density at radius 1 is 1.17 bits per heavy atom. The fourth-order valence-electron chi connectivity index (χ4n) is 3.49. The largest absolute Gasteiger partial charge is 0.493 e. The van der Waals surface area contributed by atoms with E-state index in [0.29, 0.717) is 19.6 Å². The Morgan fingerprint density at radius 2 is 2.03 bits per heavy atom. The molecule has 3 rings (SSSR count). The minimum absolute atomic E-state index is 0.581. The van der Waals surface area contributed by atoms with Gasteiger partial charge >= 0.3 is 0 Å². The van der Waals surface area contributed by atoms with Gasteiger partial charge in [0.05, 0.1) is 24.8 Å². The standard InChI is InChI=1S/C24H29N3O3/c1-3-8-19-11-12-22(23(17-19)29-2)30-16-7-6-15-27-21-10-5-4-9-20(21)26-24(27)13-14-25-18-28/h3-5,9-12,17-18H,1,6-8,13-16H2,2H3,(H,25,28). The van der Waals surface area contributed by atoms with Gasteiger partial charge in [0, 0.05) is 19.5 Å². The Kier molecular flexibility index (Phi) is 7.89. The van der Waals surface area contributed by atoms with E-state index in [4.69, 9.17) is 14.5 Å². The number of ether oxygens (including phenoxy) is 2. The summed E-state index contributed by atoms with van der Waals surface area (Å²) in [5.41, 5.74) is 3.26. The minimum atomic E-state index is 0.581. The predicted molar refractivity (Wildman–Crippen MR) is 119 cm³/mol. The monoisotopic (exact) mass is 407 g/mol. The van der Waals surface area contributed by atoms with Crippen molar-refractivity contribution in [3.63, 3.8) is 0 Å². The lowest BCUT2D eigenvalue weighted by atomic mass is 10.1. The summed E-state index contributed by atoms with van der Waals surface area (Å²) in [6.07, 6.45) is 5.99. The highest BCUT2D eigenvalue weighted by Gasteiger charge is 2.10. The number of carbonyl (C=O) groups excluding carboxylic acids is 1. The number of allylic oxidation sites excluding steroid dienone is 1. The van der Waals surface area contributed by atoms with Crippen LogP contribution >= 0.6 is 0 Å². The number of nitrogens with one attached hydrogen (secondary N) is 1. The van der Waals surface area contributed by atoms with E-state index in [9.17, 15) is 4.79 Å². The molecule has 6 heteroatoms. The average molecular weight is 408 g/mol. The van der Waals surface area contributed by atoms with Gasteiger partial charge in [-0.2, -0.15) is 0 Å². The van der Waals surface area contributed by atoms with Crippen molar-refractivity contribution in [2.24, 2.45) is 0 Å². The van der Waals surface area contributed by atoms with Crippen LogP contribution in [0.15, 0.2) is 55.1 Å². The Hall–Kier alpha value is -3.28. The first-order valence-corrected chi connectivity index (χ1v) is 10.3. The Labute approximate surface area is 177 Å². The molecule has 0 aliphatic carbocycles. The summed E-state index contributed by atoms with van der Waals surface area (Å²) in [5.74, 6) is 2.50.